The van der Waals surface area contributed by atoms with Crippen LogP contribution < -0.4 is 0 Å². The summed E-state index contributed by atoms with van der Waals surface area (Å²) in [5.74, 6) is 0. The van der Waals surface area contributed by atoms with Gasteiger partial charge in [0.2, 0.25) is 5.69 Å². The second-order valence-electron chi connectivity index (χ2n) is 15.8. The van der Waals surface area contributed by atoms with Gasteiger partial charge in [0.25, 0.3) is 0 Å². The van der Waals surface area contributed by atoms with E-state index in [4.69, 9.17) is 33.8 Å². The number of hydrogen-bond acceptors (Lipinski definition) is 4. The van der Waals surface area contributed by atoms with E-state index in [1.165, 1.54) is 0 Å². The molecule has 16 rings (SSSR count). The highest BCUT2D eigenvalue weighted by Gasteiger charge is 2.31. The van der Waals surface area contributed by atoms with Crippen molar-refractivity contribution in [1.29, 1.82) is 5.26 Å². The monoisotopic (exact) mass is 923 g/mol. The molecule has 0 atom stereocenters. The first kappa shape index (κ1) is 18.9. The van der Waals surface area contributed by atoms with Crippen LogP contribution in [0.4, 0.5) is 5.69 Å². The minimum atomic E-state index is -1.03. The number of hydrogen-bond donors (Lipinski definition) is 0. The van der Waals surface area contributed by atoms with Crippen molar-refractivity contribution in [3.05, 3.63) is 204 Å². The molecule has 8 heteroatoms. The Bertz CT molecular complexity index is 6660. The van der Waals surface area contributed by atoms with Crippen molar-refractivity contribution in [3.8, 4) is 23.1 Å². The lowest BCUT2D eigenvalue weighted by molar-refractivity contribution is 0.671. The van der Waals surface area contributed by atoms with Gasteiger partial charge in [0.05, 0.1) is 103 Å². The molecule has 6 heterocycles. The lowest BCUT2D eigenvalue weighted by Crippen LogP contribution is -2.08. The summed E-state index contributed by atoms with van der Waals surface area (Å²) >= 11 is 0. The number of aromatic nitrogens is 3. The topological polar surface area (TPSA) is 82.4 Å². The van der Waals surface area contributed by atoms with Gasteiger partial charge in [-0.15, -0.1) is 0 Å². The maximum Gasteiger partial charge on any atom is 0.235 e. The van der Waals surface area contributed by atoms with Gasteiger partial charge in [-0.1, -0.05) is 127 Å². The van der Waals surface area contributed by atoms with Gasteiger partial charge in [-0.2, -0.15) is 5.26 Å². The van der Waals surface area contributed by atoms with Gasteiger partial charge in [-0.05, 0) is 60.4 Å². The van der Waals surface area contributed by atoms with Crippen molar-refractivity contribution in [2.45, 2.75) is 0 Å². The molecule has 0 aliphatic rings. The molecule has 16 aromatic rings. The highest BCUT2D eigenvalue weighted by Crippen LogP contribution is 2.50. The van der Waals surface area contributed by atoms with Crippen molar-refractivity contribution in [3.63, 3.8) is 0 Å². The van der Waals surface area contributed by atoms with Crippen LogP contribution in [0, 0.1) is 17.9 Å². The molecular formula is C62H31N5O3. The van der Waals surface area contributed by atoms with Crippen LogP contribution in [0.25, 0.3) is 153 Å². The van der Waals surface area contributed by atoms with Crippen LogP contribution in [0.2, 0.25) is 0 Å². The number of fused-ring (bicyclic) bond motifs is 21. The number of rotatable bonds is 3. The first-order chi connectivity index (χ1) is 47.2. The number of benzene rings is 10. The maximum atomic E-state index is 12.5. The van der Waals surface area contributed by atoms with Gasteiger partial charge in [-0.3, -0.25) is 0 Å². The summed E-state index contributed by atoms with van der Waals surface area (Å²) in [7, 11) is 0. The zero-order valence-corrected chi connectivity index (χ0v) is 34.5. The van der Waals surface area contributed by atoms with Crippen molar-refractivity contribution >= 4 is 137 Å². The summed E-state index contributed by atoms with van der Waals surface area (Å²) in [6, 6.07) is -23.8. The van der Waals surface area contributed by atoms with Crippen LogP contribution in [0.1, 0.15) is 46.7 Å². The lowest BCUT2D eigenvalue weighted by atomic mass is 10.0. The molecule has 0 aliphatic carbocycles. The Labute approximate surface area is 437 Å². The quantitative estimate of drug-likeness (QED) is 0.165. The van der Waals surface area contributed by atoms with Crippen molar-refractivity contribution in [1.82, 2.24) is 13.7 Å². The van der Waals surface area contributed by atoms with Crippen LogP contribution >= 0.6 is 0 Å². The van der Waals surface area contributed by atoms with Crippen LogP contribution in [0.5, 0.6) is 0 Å². The Balaban J connectivity index is 1.29. The highest BCUT2D eigenvalue weighted by molar-refractivity contribution is 6.25. The standard InChI is InChI=1S/C62H31N5O3/c1-64-55-51(66-48-21-9-3-15-35(48)41-27-30-44-38-18-6-12-24-53(38)69-61(44)58(41)66)32-50(65-47-20-8-2-14-34(47)40-26-29-43-37-17-5-11-23-52(37)68-60(43)57(40)65)46(33-63)56(55)67-49-22-10-4-16-36(49)42-28-31-45-39-19-7-13-25-54(39)70-62(45)59(42)67/h2-32H/i2D,3D,4D,5D,6D,7D,8D,9D,10D,11D,12D,13D,14D,15D,16D,17D,18D,19D,20D,21D,22D,23D,24D,25D,26D,27D,28D,29D,30D,31D. The largest absolute Gasteiger partial charge is 0.454 e. The van der Waals surface area contributed by atoms with Crippen LogP contribution in [-0.4, -0.2) is 13.7 Å². The Morgan fingerprint density at radius 1 is 0.400 bits per heavy atom. The predicted molar refractivity (Wildman–Crippen MR) is 282 cm³/mol. The zero-order chi connectivity index (χ0) is 72.0. The highest BCUT2D eigenvalue weighted by atomic mass is 16.3. The molecule has 0 unspecified atom stereocenters. The van der Waals surface area contributed by atoms with E-state index in [2.05, 4.69) is 4.85 Å². The molecule has 0 saturated heterocycles. The molecule has 10 aromatic carbocycles. The minimum Gasteiger partial charge on any atom is -0.454 e. The molecule has 0 aliphatic heterocycles. The lowest BCUT2D eigenvalue weighted by Gasteiger charge is -2.21. The van der Waals surface area contributed by atoms with Gasteiger partial charge in [0.15, 0.2) is 16.7 Å². The summed E-state index contributed by atoms with van der Waals surface area (Å²) in [6.45, 7) is 9.55. The third-order valence-electron chi connectivity index (χ3n) is 12.6. The van der Waals surface area contributed by atoms with Gasteiger partial charge in [0.1, 0.15) is 22.8 Å². The van der Waals surface area contributed by atoms with E-state index in [1.54, 1.807) is 0 Å². The van der Waals surface area contributed by atoms with Gasteiger partial charge in [-0.25, -0.2) is 4.85 Å². The normalized spacial score (nSPS) is 18.3. The summed E-state index contributed by atoms with van der Waals surface area (Å²) in [5.41, 5.74) is -12.4. The van der Waals surface area contributed by atoms with Crippen LogP contribution in [0.15, 0.2) is 201 Å². The molecule has 0 fully saturated rings. The van der Waals surface area contributed by atoms with E-state index in [1.807, 2.05) is 6.07 Å². The number of nitriles is 1. The zero-order valence-electron chi connectivity index (χ0n) is 64.5. The SMILES string of the molecule is [2H]c1c([2H])c([2H])c2c(oc3c2c([2H])c([2H])c2c4c([2H])c([2H])c([2H])c([2H])c4n(-c4cc(-n5c6c([2H])c([2H])c([2H])c([2H])c6c6c([2H])c([2H])c7c(oc8c([2H])c([2H])c([2H])c([2H])c87)c65)c([N+]#[C-])c(-n5c6c([2H])c([2H])c([2H])c([2H])c6c6c([2H])c([2H])c7c(oc8c([2H])c([2H])c([2H])c([2H])c87)c65)c4C#N)c32)c1[2H]. The molecule has 0 saturated carbocycles. The number of nitrogens with zero attached hydrogens (tertiary/aromatic N) is 5. The second-order valence-corrected chi connectivity index (χ2v) is 15.8. The third kappa shape index (κ3) is 4.57. The second kappa shape index (κ2) is 13.3. The summed E-state index contributed by atoms with van der Waals surface area (Å²) < 4.78 is 300. The van der Waals surface area contributed by atoms with Crippen LogP contribution in [0.3, 0.4) is 0 Å². The molecular weight excluding hydrogens is 863 g/mol. The summed E-state index contributed by atoms with van der Waals surface area (Å²) in [5, 5.41) is 5.78. The predicted octanol–water partition coefficient (Wildman–Crippen LogP) is 17.1. The molecule has 6 aromatic heterocycles. The van der Waals surface area contributed by atoms with Gasteiger partial charge >= 0.3 is 0 Å². The average molecular weight is 924 g/mol. The van der Waals surface area contributed by atoms with Crippen molar-refractivity contribution < 1.29 is 54.4 Å². The molecule has 0 bridgehead atoms. The van der Waals surface area contributed by atoms with E-state index >= 15 is 0 Å². The number of furan rings is 3. The van der Waals surface area contributed by atoms with E-state index < -0.39 is 341 Å². The van der Waals surface area contributed by atoms with Gasteiger partial charge in [0, 0.05) is 64.6 Å². The van der Waals surface area contributed by atoms with E-state index in [0.717, 1.165) is 19.8 Å². The minimum absolute atomic E-state index is 0.490. The molecule has 0 radical (unpaired) electrons. The van der Waals surface area contributed by atoms with E-state index in [-0.39, 0.29) is 0 Å². The fourth-order valence-corrected chi connectivity index (χ4v) is 9.82. The Kier molecular flexibility index (Phi) is 3.60. The van der Waals surface area contributed by atoms with Gasteiger partial charge < -0.3 is 27.0 Å². The summed E-state index contributed by atoms with van der Waals surface area (Å²) in [4.78, 5) is 4.02. The Hall–Kier alpha value is -10.0. The molecule has 0 amide bonds. The smallest absolute Gasteiger partial charge is 0.235 e. The first-order valence-electron chi connectivity index (χ1n) is 35.7. The average Bonchev–Trinajstić information content (AvgIpc) is 1.44. The van der Waals surface area contributed by atoms with Crippen LogP contribution in [-0.2, 0) is 0 Å². The summed E-state index contributed by atoms with van der Waals surface area (Å²) in [6.07, 6.45) is 0. The fraction of sp³-hybridized carbons (Fsp3) is 0. The molecule has 322 valence electrons. The Morgan fingerprint density at radius 2 is 0.743 bits per heavy atom. The molecule has 8 nitrogen and oxygen atoms in total. The molecule has 70 heavy (non-hydrogen) atoms. The fourth-order valence-electron chi connectivity index (χ4n) is 9.82. The molecule has 0 N–H and O–H groups in total. The third-order valence-corrected chi connectivity index (χ3v) is 12.6. The van der Waals surface area contributed by atoms with Crippen molar-refractivity contribution in [2.75, 3.05) is 0 Å². The Morgan fingerprint density at radius 3 is 1.16 bits per heavy atom. The first-order valence-corrected chi connectivity index (χ1v) is 20.7. The number of para-hydroxylation sites is 6. The van der Waals surface area contributed by atoms with E-state index in [0.29, 0.717) is 0 Å². The van der Waals surface area contributed by atoms with E-state index in [9.17, 15) is 32.4 Å². The molecule has 0 spiro atoms. The van der Waals surface area contributed by atoms with Crippen molar-refractivity contribution in [2.24, 2.45) is 0 Å². The maximum absolute atomic E-state index is 12.5.